The highest BCUT2D eigenvalue weighted by Crippen LogP contribution is 2.25. The summed E-state index contributed by atoms with van der Waals surface area (Å²) in [6.07, 6.45) is 0. The van der Waals surface area contributed by atoms with Crippen molar-refractivity contribution in [1.82, 2.24) is 0 Å². The molecule has 1 atom stereocenters. The summed E-state index contributed by atoms with van der Waals surface area (Å²) in [6, 6.07) is 1.74. The van der Waals surface area contributed by atoms with Crippen LogP contribution in [0.1, 0.15) is 34.2 Å². The summed E-state index contributed by atoms with van der Waals surface area (Å²) in [6.45, 7) is 3.55. The first kappa shape index (κ1) is 10.1. The Bertz CT molecular complexity index is 315. The molecule has 4 heteroatoms. The predicted molar refractivity (Wildman–Crippen MR) is 49.1 cm³/mol. The molecule has 0 saturated carbocycles. The molecule has 1 rings (SSSR count). The van der Waals surface area contributed by atoms with Crippen LogP contribution in [0.15, 0.2) is 10.5 Å². The molecule has 0 aliphatic heterocycles. The lowest BCUT2D eigenvalue weighted by Crippen LogP contribution is -2.00. The van der Waals surface area contributed by atoms with Crippen LogP contribution in [0.5, 0.6) is 0 Å². The predicted octanol–water partition coefficient (Wildman–Crippen LogP) is 2.67. The fourth-order valence-corrected chi connectivity index (χ4v) is 1.11. The van der Waals surface area contributed by atoms with Gasteiger partial charge in [-0.05, 0) is 19.9 Å². The molecule has 3 nitrogen and oxygen atoms in total. The number of esters is 1. The van der Waals surface area contributed by atoms with E-state index in [0.29, 0.717) is 5.76 Å². The van der Waals surface area contributed by atoms with Crippen LogP contribution < -0.4 is 0 Å². The maximum absolute atomic E-state index is 11.1. The smallest absolute Gasteiger partial charge is 0.374 e. The average molecular weight is 203 g/mol. The number of hydrogen-bond acceptors (Lipinski definition) is 3. The van der Waals surface area contributed by atoms with Crippen molar-refractivity contribution >= 4 is 17.6 Å². The number of furan rings is 1. The normalized spacial score (nSPS) is 12.6. The summed E-state index contributed by atoms with van der Waals surface area (Å²) in [5.74, 6) is 0.339. The Hall–Kier alpha value is -0.960. The number of alkyl halides is 1. The molecule has 13 heavy (non-hydrogen) atoms. The summed E-state index contributed by atoms with van der Waals surface area (Å²) in [5, 5.41) is -0.239. The van der Waals surface area contributed by atoms with E-state index in [-0.39, 0.29) is 11.1 Å². The van der Waals surface area contributed by atoms with Gasteiger partial charge in [-0.1, -0.05) is 0 Å². The van der Waals surface area contributed by atoms with Gasteiger partial charge in [0.05, 0.1) is 12.5 Å². The van der Waals surface area contributed by atoms with E-state index >= 15 is 0 Å². The van der Waals surface area contributed by atoms with Crippen LogP contribution in [0, 0.1) is 6.92 Å². The van der Waals surface area contributed by atoms with Gasteiger partial charge in [-0.15, -0.1) is 11.6 Å². The van der Waals surface area contributed by atoms with Crippen LogP contribution in [-0.4, -0.2) is 13.1 Å². The number of rotatable bonds is 2. The number of methoxy groups -OCH3 is 1. The van der Waals surface area contributed by atoms with E-state index < -0.39 is 5.97 Å². The third-order valence-electron chi connectivity index (χ3n) is 1.70. The standard InChI is InChI=1S/C9H11ClO3/c1-5-4-7(6(2)10)13-8(5)9(11)12-3/h4,6H,1-3H3/t6-/m0/s1. The van der Waals surface area contributed by atoms with Crippen LogP contribution in [0.3, 0.4) is 0 Å². The molecule has 1 aromatic heterocycles. The zero-order chi connectivity index (χ0) is 10.0. The molecule has 0 unspecified atom stereocenters. The second-order valence-corrected chi connectivity index (χ2v) is 3.42. The van der Waals surface area contributed by atoms with Crippen molar-refractivity contribution in [2.75, 3.05) is 7.11 Å². The van der Waals surface area contributed by atoms with E-state index in [1.807, 2.05) is 0 Å². The molecule has 0 aromatic carbocycles. The Morgan fingerprint density at radius 3 is 2.69 bits per heavy atom. The Balaban J connectivity index is 3.03. The van der Waals surface area contributed by atoms with Crippen molar-refractivity contribution in [3.8, 4) is 0 Å². The summed E-state index contributed by atoms with van der Waals surface area (Å²) >= 11 is 5.79. The molecule has 1 aromatic rings. The Labute approximate surface area is 81.6 Å². The van der Waals surface area contributed by atoms with E-state index in [1.165, 1.54) is 7.11 Å². The van der Waals surface area contributed by atoms with E-state index in [9.17, 15) is 4.79 Å². The lowest BCUT2D eigenvalue weighted by Gasteiger charge is -1.96. The van der Waals surface area contributed by atoms with Crippen LogP contribution in [0.25, 0.3) is 0 Å². The molecular formula is C9H11ClO3. The van der Waals surface area contributed by atoms with E-state index in [4.69, 9.17) is 16.0 Å². The minimum absolute atomic E-state index is 0.227. The minimum atomic E-state index is -0.471. The van der Waals surface area contributed by atoms with Crippen molar-refractivity contribution in [3.63, 3.8) is 0 Å². The average Bonchev–Trinajstić information content (AvgIpc) is 2.46. The fraction of sp³-hybridized carbons (Fsp3) is 0.444. The van der Waals surface area contributed by atoms with Gasteiger partial charge in [-0.25, -0.2) is 4.79 Å². The van der Waals surface area contributed by atoms with Gasteiger partial charge in [0, 0.05) is 5.56 Å². The van der Waals surface area contributed by atoms with Crippen LogP contribution in [0.2, 0.25) is 0 Å². The molecule has 0 N–H and O–H groups in total. The molecule has 1 heterocycles. The number of aryl methyl sites for hydroxylation is 1. The van der Waals surface area contributed by atoms with E-state index in [1.54, 1.807) is 19.9 Å². The van der Waals surface area contributed by atoms with E-state index in [0.717, 1.165) is 5.56 Å². The highest BCUT2D eigenvalue weighted by molar-refractivity contribution is 6.20. The maximum Gasteiger partial charge on any atom is 0.374 e. The van der Waals surface area contributed by atoms with Gasteiger partial charge in [0.2, 0.25) is 5.76 Å². The van der Waals surface area contributed by atoms with Gasteiger partial charge in [0.25, 0.3) is 0 Å². The van der Waals surface area contributed by atoms with Crippen molar-refractivity contribution in [1.29, 1.82) is 0 Å². The summed E-state index contributed by atoms with van der Waals surface area (Å²) in [4.78, 5) is 11.1. The Morgan fingerprint density at radius 1 is 1.69 bits per heavy atom. The third kappa shape index (κ3) is 2.04. The number of carbonyl (C=O) groups is 1. The third-order valence-corrected chi connectivity index (χ3v) is 1.91. The van der Waals surface area contributed by atoms with Crippen molar-refractivity contribution in [3.05, 3.63) is 23.2 Å². The van der Waals surface area contributed by atoms with Gasteiger partial charge < -0.3 is 9.15 Å². The zero-order valence-electron chi connectivity index (χ0n) is 7.76. The first-order valence-electron chi connectivity index (χ1n) is 3.89. The first-order valence-corrected chi connectivity index (χ1v) is 4.32. The number of hydrogen-bond donors (Lipinski definition) is 0. The van der Waals surface area contributed by atoms with Crippen molar-refractivity contribution < 1.29 is 13.9 Å². The fourth-order valence-electron chi connectivity index (χ4n) is 0.998. The highest BCUT2D eigenvalue weighted by atomic mass is 35.5. The second-order valence-electron chi connectivity index (χ2n) is 2.77. The molecule has 0 bridgehead atoms. The minimum Gasteiger partial charge on any atom is -0.463 e. The topological polar surface area (TPSA) is 39.4 Å². The van der Waals surface area contributed by atoms with Gasteiger partial charge in [-0.2, -0.15) is 0 Å². The quantitative estimate of drug-likeness (QED) is 0.547. The molecule has 0 spiro atoms. The molecule has 0 fully saturated rings. The Morgan fingerprint density at radius 2 is 2.31 bits per heavy atom. The molecular weight excluding hydrogens is 192 g/mol. The monoisotopic (exact) mass is 202 g/mol. The number of ether oxygens (including phenoxy) is 1. The lowest BCUT2D eigenvalue weighted by molar-refractivity contribution is 0.0562. The second kappa shape index (κ2) is 3.83. The van der Waals surface area contributed by atoms with Gasteiger partial charge >= 0.3 is 5.97 Å². The molecule has 0 aliphatic rings. The summed E-state index contributed by atoms with van der Waals surface area (Å²) in [5.41, 5.74) is 0.745. The molecule has 0 aliphatic carbocycles. The Kier molecular flexibility index (Phi) is 2.98. The maximum atomic E-state index is 11.1. The molecule has 72 valence electrons. The molecule has 0 amide bonds. The van der Waals surface area contributed by atoms with Crippen molar-refractivity contribution in [2.24, 2.45) is 0 Å². The number of carbonyl (C=O) groups excluding carboxylic acids is 1. The zero-order valence-corrected chi connectivity index (χ0v) is 8.51. The van der Waals surface area contributed by atoms with Gasteiger partial charge in [0.1, 0.15) is 5.76 Å². The van der Waals surface area contributed by atoms with Crippen LogP contribution >= 0.6 is 11.6 Å². The van der Waals surface area contributed by atoms with E-state index in [2.05, 4.69) is 4.74 Å². The SMILES string of the molecule is COC(=O)c1oc([C@H](C)Cl)cc1C. The molecule has 0 radical (unpaired) electrons. The van der Waals surface area contributed by atoms with Crippen LogP contribution in [0.4, 0.5) is 0 Å². The largest absolute Gasteiger partial charge is 0.463 e. The lowest BCUT2D eigenvalue weighted by atomic mass is 10.2. The highest BCUT2D eigenvalue weighted by Gasteiger charge is 2.17. The van der Waals surface area contributed by atoms with Crippen molar-refractivity contribution in [2.45, 2.75) is 19.2 Å². The van der Waals surface area contributed by atoms with Gasteiger partial charge in [-0.3, -0.25) is 0 Å². The van der Waals surface area contributed by atoms with Crippen LogP contribution in [-0.2, 0) is 4.74 Å². The summed E-state index contributed by atoms with van der Waals surface area (Å²) < 4.78 is 9.76. The molecule has 0 saturated heterocycles. The first-order chi connectivity index (χ1) is 6.06. The van der Waals surface area contributed by atoms with Gasteiger partial charge in [0.15, 0.2) is 0 Å². The summed E-state index contributed by atoms with van der Waals surface area (Å²) in [7, 11) is 1.31. The number of halogens is 1.